The molecule has 0 unspecified atom stereocenters. The molecule has 0 aromatic heterocycles. The van der Waals surface area contributed by atoms with Gasteiger partial charge in [0, 0.05) is 0 Å². The van der Waals surface area contributed by atoms with Gasteiger partial charge >= 0.3 is 0 Å². The summed E-state index contributed by atoms with van der Waals surface area (Å²) in [7, 11) is 0. The molecule has 0 radical (unpaired) electrons. The molecule has 1 heterocycles. The van der Waals surface area contributed by atoms with E-state index >= 15 is 0 Å². The third-order valence-corrected chi connectivity index (χ3v) is 1.86. The number of rotatable bonds is 0. The molecule has 1 aliphatic heterocycles. The van der Waals surface area contributed by atoms with Crippen LogP contribution in [-0.4, -0.2) is 20.1 Å². The Morgan fingerprint density at radius 3 is 1.67 bits per heavy atom. The Bertz CT molecular complexity index is 90.3. The third-order valence-electron chi connectivity index (χ3n) is 1.86. The SMILES string of the molecule is CB1OOOB(C)B1C. The van der Waals surface area contributed by atoms with Gasteiger partial charge in [0.05, 0.1) is 0 Å². The Hall–Kier alpha value is 0.0748. The Morgan fingerprint density at radius 2 is 1.33 bits per heavy atom. The van der Waals surface area contributed by atoms with Gasteiger partial charge in [0.1, 0.15) is 0 Å². The van der Waals surface area contributed by atoms with E-state index in [2.05, 4.69) is 11.9 Å². The maximum absolute atomic E-state index is 4.74. The van der Waals surface area contributed by atoms with E-state index in [4.69, 9.17) is 9.61 Å². The molecule has 1 fully saturated rings. The lowest BCUT2D eigenvalue weighted by molar-refractivity contribution is -0.422. The molecule has 1 rings (SSSR count). The normalized spacial score (nSPS) is 21.0. The van der Waals surface area contributed by atoms with Crippen LogP contribution in [0.25, 0.3) is 0 Å². The molecule has 6 heteroatoms. The van der Waals surface area contributed by atoms with E-state index in [1.165, 1.54) is 0 Å². The lowest BCUT2D eigenvalue weighted by Gasteiger charge is -2.22. The van der Waals surface area contributed by atoms with Crippen LogP contribution in [0, 0.1) is 0 Å². The predicted molar refractivity (Wildman–Crippen MR) is 38.1 cm³/mol. The lowest BCUT2D eigenvalue weighted by Crippen LogP contribution is -2.50. The topological polar surface area (TPSA) is 27.7 Å². The van der Waals surface area contributed by atoms with Crippen molar-refractivity contribution in [3.8, 4) is 0 Å². The molecular formula is C3H9B3O3. The van der Waals surface area contributed by atoms with Crippen molar-refractivity contribution in [1.29, 1.82) is 0 Å². The molecule has 0 spiro atoms. The highest BCUT2D eigenvalue weighted by molar-refractivity contribution is 7.46. The van der Waals surface area contributed by atoms with Crippen LogP contribution < -0.4 is 0 Å². The fourth-order valence-electron chi connectivity index (χ4n) is 0.704. The molecular weight excluding hydrogens is 116 g/mol. The van der Waals surface area contributed by atoms with Gasteiger partial charge < -0.3 is 0 Å². The van der Waals surface area contributed by atoms with Crippen molar-refractivity contribution >= 4 is 20.1 Å². The highest BCUT2D eigenvalue weighted by Crippen LogP contribution is 2.06. The van der Waals surface area contributed by atoms with E-state index in [9.17, 15) is 0 Å². The van der Waals surface area contributed by atoms with E-state index in [1.807, 2.05) is 13.6 Å². The van der Waals surface area contributed by atoms with Gasteiger partial charge in [-0.1, -0.05) is 20.5 Å². The maximum atomic E-state index is 4.74. The molecule has 0 aromatic carbocycles. The summed E-state index contributed by atoms with van der Waals surface area (Å²) >= 11 is 0. The van der Waals surface area contributed by atoms with Gasteiger partial charge in [-0.3, -0.25) is 9.61 Å². The summed E-state index contributed by atoms with van der Waals surface area (Å²) < 4.78 is 0. The molecule has 0 saturated carbocycles. The van der Waals surface area contributed by atoms with Crippen LogP contribution in [0.2, 0.25) is 20.5 Å². The zero-order chi connectivity index (χ0) is 6.85. The van der Waals surface area contributed by atoms with Gasteiger partial charge in [0.25, 0.3) is 13.6 Å². The standard InChI is InChI=1S/C3H9B3O3/c1-4-5(2)7-9-8-6(4)3/h1-3H3. The summed E-state index contributed by atoms with van der Waals surface area (Å²) in [6.45, 7) is 6.66. The van der Waals surface area contributed by atoms with Crippen molar-refractivity contribution in [2.24, 2.45) is 0 Å². The van der Waals surface area contributed by atoms with Crippen LogP contribution in [0.3, 0.4) is 0 Å². The maximum Gasteiger partial charge on any atom is 0.299 e. The fourth-order valence-corrected chi connectivity index (χ4v) is 0.704. The average Bonchev–Trinajstić information content (AvgIpc) is 1.83. The second kappa shape index (κ2) is 2.77. The molecule has 3 nitrogen and oxygen atoms in total. The van der Waals surface area contributed by atoms with Crippen LogP contribution in [0.4, 0.5) is 0 Å². The van der Waals surface area contributed by atoms with Crippen molar-refractivity contribution in [3.63, 3.8) is 0 Å². The number of hydrogen-bond donors (Lipinski definition) is 0. The number of hydrogen-bond acceptors (Lipinski definition) is 3. The summed E-state index contributed by atoms with van der Waals surface area (Å²) in [5, 5.41) is 4.36. The molecule has 0 N–H and O–H groups in total. The van der Waals surface area contributed by atoms with Crippen LogP contribution >= 0.6 is 0 Å². The van der Waals surface area contributed by atoms with Gasteiger partial charge in [-0.25, -0.2) is 0 Å². The third kappa shape index (κ3) is 1.50. The van der Waals surface area contributed by atoms with Crippen molar-refractivity contribution in [1.82, 2.24) is 0 Å². The first-order chi connectivity index (χ1) is 4.22. The van der Waals surface area contributed by atoms with Crippen molar-refractivity contribution < 1.29 is 14.6 Å². The van der Waals surface area contributed by atoms with E-state index < -0.39 is 0 Å². The van der Waals surface area contributed by atoms with Crippen molar-refractivity contribution in [2.45, 2.75) is 20.5 Å². The minimum Gasteiger partial charge on any atom is -0.288 e. The minimum atomic E-state index is 0.133. The Morgan fingerprint density at radius 1 is 0.889 bits per heavy atom. The minimum absolute atomic E-state index is 0.133. The highest BCUT2D eigenvalue weighted by Gasteiger charge is 2.37. The van der Waals surface area contributed by atoms with Crippen molar-refractivity contribution in [3.05, 3.63) is 0 Å². The summed E-state index contributed by atoms with van der Waals surface area (Å²) in [5.41, 5.74) is 0. The van der Waals surface area contributed by atoms with Gasteiger partial charge in [0.2, 0.25) is 0 Å². The molecule has 0 amide bonds. The quantitative estimate of drug-likeness (QED) is 0.347. The fraction of sp³-hybridized carbons (Fsp3) is 1.00. The molecule has 1 saturated heterocycles. The van der Waals surface area contributed by atoms with Crippen LogP contribution in [0.1, 0.15) is 0 Å². The average molecular weight is 126 g/mol. The second-order valence-corrected chi connectivity index (χ2v) is 2.53. The molecule has 0 aromatic rings. The summed E-state index contributed by atoms with van der Waals surface area (Å²) in [5.74, 6) is 0. The Labute approximate surface area is 56.2 Å². The summed E-state index contributed by atoms with van der Waals surface area (Å²) in [4.78, 5) is 9.48. The van der Waals surface area contributed by atoms with E-state index in [1.54, 1.807) is 0 Å². The summed E-state index contributed by atoms with van der Waals surface area (Å²) in [6.07, 6.45) is 0. The highest BCUT2D eigenvalue weighted by atomic mass is 17.5. The van der Waals surface area contributed by atoms with Crippen LogP contribution in [-0.2, 0) is 14.6 Å². The molecule has 48 valence electrons. The van der Waals surface area contributed by atoms with E-state index in [-0.39, 0.29) is 13.6 Å². The smallest absolute Gasteiger partial charge is 0.288 e. The first-order valence-electron chi connectivity index (χ1n) is 3.20. The largest absolute Gasteiger partial charge is 0.299 e. The van der Waals surface area contributed by atoms with E-state index in [0.717, 1.165) is 0 Å². The first kappa shape index (κ1) is 7.19. The Balaban J connectivity index is 2.41. The zero-order valence-corrected chi connectivity index (χ0v) is 5.96. The summed E-state index contributed by atoms with van der Waals surface area (Å²) in [6, 6.07) is 0. The van der Waals surface area contributed by atoms with Gasteiger partial charge in [0.15, 0.2) is 6.49 Å². The van der Waals surface area contributed by atoms with Gasteiger partial charge in [-0.2, -0.15) is 0 Å². The van der Waals surface area contributed by atoms with Crippen LogP contribution in [0.5, 0.6) is 0 Å². The monoisotopic (exact) mass is 126 g/mol. The van der Waals surface area contributed by atoms with Crippen molar-refractivity contribution in [2.75, 3.05) is 0 Å². The Kier molecular flexibility index (Phi) is 2.21. The lowest BCUT2D eigenvalue weighted by atomic mass is 8.99. The van der Waals surface area contributed by atoms with Crippen LogP contribution in [0.15, 0.2) is 0 Å². The van der Waals surface area contributed by atoms with Gasteiger partial charge in [-0.05, 0) is 0 Å². The molecule has 9 heavy (non-hydrogen) atoms. The van der Waals surface area contributed by atoms with Gasteiger partial charge in [-0.15, -0.1) is 5.04 Å². The zero-order valence-electron chi connectivity index (χ0n) is 5.96. The molecule has 1 aliphatic rings. The predicted octanol–water partition coefficient (Wildman–Crippen LogP) is 0.404. The second-order valence-electron chi connectivity index (χ2n) is 2.53. The molecule has 0 aliphatic carbocycles. The molecule has 0 atom stereocenters. The first-order valence-corrected chi connectivity index (χ1v) is 3.20. The molecule has 0 bridgehead atoms. The van der Waals surface area contributed by atoms with E-state index in [0.29, 0.717) is 6.49 Å².